The van der Waals surface area contributed by atoms with Crippen LogP contribution in [0.2, 0.25) is 0 Å². The first-order valence-electron chi connectivity index (χ1n) is 4.66. The van der Waals surface area contributed by atoms with Crippen molar-refractivity contribution < 1.29 is 13.5 Å². The normalized spacial score (nSPS) is 11.6. The molecule has 0 radical (unpaired) electrons. The minimum Gasteiger partial charge on any atom is -0.496 e. The number of rotatable bonds is 3. The number of hydrogen-bond acceptors (Lipinski definition) is 2. The third-order valence-electron chi connectivity index (χ3n) is 2.48. The molecule has 0 spiro atoms. The van der Waals surface area contributed by atoms with Gasteiger partial charge in [0.2, 0.25) is 0 Å². The van der Waals surface area contributed by atoms with Gasteiger partial charge < -0.3 is 10.5 Å². The molecule has 1 aromatic carbocycles. The molecular formula is C11H15F2NO. The predicted molar refractivity (Wildman–Crippen MR) is 55.0 cm³/mol. The Morgan fingerprint density at radius 1 is 1.27 bits per heavy atom. The maximum Gasteiger partial charge on any atom is 0.162 e. The summed E-state index contributed by atoms with van der Waals surface area (Å²) in [4.78, 5) is 0. The van der Waals surface area contributed by atoms with E-state index in [1.54, 1.807) is 0 Å². The maximum atomic E-state index is 13.1. The number of benzene rings is 1. The molecule has 0 saturated heterocycles. The van der Waals surface area contributed by atoms with Crippen molar-refractivity contribution >= 4 is 0 Å². The van der Waals surface area contributed by atoms with Crippen molar-refractivity contribution in [2.24, 2.45) is 5.73 Å². The molecule has 0 bridgehead atoms. The lowest BCUT2D eigenvalue weighted by molar-refractivity contribution is 0.384. The minimum atomic E-state index is -0.913. The predicted octanol–water partition coefficient (Wildman–Crippen LogP) is 2.21. The van der Waals surface area contributed by atoms with Gasteiger partial charge in [0.25, 0.3) is 0 Å². The minimum absolute atomic E-state index is 0.323. The van der Waals surface area contributed by atoms with Crippen LogP contribution in [0, 0.1) is 11.6 Å². The first-order chi connectivity index (χ1) is 6.92. The monoisotopic (exact) mass is 215 g/mol. The number of halogens is 2. The highest BCUT2D eigenvalue weighted by Gasteiger charge is 2.24. The molecule has 1 rings (SSSR count). The van der Waals surface area contributed by atoms with Crippen LogP contribution in [-0.2, 0) is 5.41 Å². The lowest BCUT2D eigenvalue weighted by Gasteiger charge is -2.25. The van der Waals surface area contributed by atoms with E-state index in [9.17, 15) is 8.78 Å². The molecule has 2 nitrogen and oxygen atoms in total. The van der Waals surface area contributed by atoms with Gasteiger partial charge in [-0.2, -0.15) is 0 Å². The molecular weight excluding hydrogens is 200 g/mol. The standard InChI is InChI=1S/C11H15F2NO/c1-11(2,6-14)7-4-8(12)9(13)5-10(7)15-3/h4-5H,6,14H2,1-3H3. The van der Waals surface area contributed by atoms with Crippen LogP contribution in [0.25, 0.3) is 0 Å². The zero-order valence-corrected chi connectivity index (χ0v) is 9.10. The second-order valence-electron chi connectivity index (χ2n) is 4.05. The van der Waals surface area contributed by atoms with Gasteiger partial charge in [-0.15, -0.1) is 0 Å². The summed E-state index contributed by atoms with van der Waals surface area (Å²) in [5.41, 5.74) is 5.71. The van der Waals surface area contributed by atoms with Crippen molar-refractivity contribution in [2.75, 3.05) is 13.7 Å². The van der Waals surface area contributed by atoms with Gasteiger partial charge in [0.1, 0.15) is 5.75 Å². The van der Waals surface area contributed by atoms with E-state index in [-0.39, 0.29) is 0 Å². The Balaban J connectivity index is 3.34. The van der Waals surface area contributed by atoms with E-state index in [1.165, 1.54) is 7.11 Å². The molecule has 2 N–H and O–H groups in total. The van der Waals surface area contributed by atoms with E-state index >= 15 is 0 Å². The van der Waals surface area contributed by atoms with Crippen molar-refractivity contribution in [1.82, 2.24) is 0 Å². The topological polar surface area (TPSA) is 35.2 Å². The zero-order chi connectivity index (χ0) is 11.6. The summed E-state index contributed by atoms with van der Waals surface area (Å²) in [5, 5.41) is 0. The van der Waals surface area contributed by atoms with E-state index < -0.39 is 17.0 Å². The van der Waals surface area contributed by atoms with Gasteiger partial charge in [-0.1, -0.05) is 13.8 Å². The quantitative estimate of drug-likeness (QED) is 0.839. The van der Waals surface area contributed by atoms with E-state index in [0.29, 0.717) is 17.9 Å². The molecule has 0 aliphatic carbocycles. The highest BCUT2D eigenvalue weighted by atomic mass is 19.2. The number of nitrogens with two attached hydrogens (primary N) is 1. The largest absolute Gasteiger partial charge is 0.496 e. The Hall–Kier alpha value is -1.16. The average Bonchev–Trinajstić information content (AvgIpc) is 2.21. The first-order valence-corrected chi connectivity index (χ1v) is 4.66. The Morgan fingerprint density at radius 3 is 2.27 bits per heavy atom. The Bertz CT molecular complexity index is 364. The fraction of sp³-hybridized carbons (Fsp3) is 0.455. The molecule has 84 valence electrons. The summed E-state index contributed by atoms with van der Waals surface area (Å²) < 4.78 is 31.1. The maximum absolute atomic E-state index is 13.1. The molecule has 0 unspecified atom stereocenters. The van der Waals surface area contributed by atoms with Gasteiger partial charge >= 0.3 is 0 Å². The fourth-order valence-electron chi connectivity index (χ4n) is 1.34. The van der Waals surface area contributed by atoms with Crippen LogP contribution in [0.1, 0.15) is 19.4 Å². The molecule has 0 fully saturated rings. The van der Waals surface area contributed by atoms with Crippen LogP contribution in [0.3, 0.4) is 0 Å². The fourth-order valence-corrected chi connectivity index (χ4v) is 1.34. The Labute approximate surface area is 88.0 Å². The molecule has 0 aliphatic rings. The molecule has 4 heteroatoms. The highest BCUT2D eigenvalue weighted by molar-refractivity contribution is 5.40. The van der Waals surface area contributed by atoms with Crippen LogP contribution < -0.4 is 10.5 Å². The lowest BCUT2D eigenvalue weighted by atomic mass is 9.84. The van der Waals surface area contributed by atoms with Gasteiger partial charge in [-0.05, 0) is 6.07 Å². The van der Waals surface area contributed by atoms with Gasteiger partial charge in [-0.3, -0.25) is 0 Å². The second kappa shape index (κ2) is 4.14. The first kappa shape index (κ1) is 11.9. The van der Waals surface area contributed by atoms with Crippen LogP contribution >= 0.6 is 0 Å². The summed E-state index contributed by atoms with van der Waals surface area (Å²) in [6, 6.07) is 2.18. The summed E-state index contributed by atoms with van der Waals surface area (Å²) >= 11 is 0. The van der Waals surface area contributed by atoms with E-state index in [0.717, 1.165) is 12.1 Å². The molecule has 0 amide bonds. The third kappa shape index (κ3) is 2.26. The summed E-state index contributed by atoms with van der Waals surface area (Å²) in [6.07, 6.45) is 0. The van der Waals surface area contributed by atoms with Gasteiger partial charge in [0.15, 0.2) is 11.6 Å². The van der Waals surface area contributed by atoms with Crippen LogP contribution in [0.15, 0.2) is 12.1 Å². The molecule has 0 atom stereocenters. The summed E-state index contributed by atoms with van der Waals surface area (Å²) in [6.45, 7) is 4.03. The van der Waals surface area contributed by atoms with Crippen molar-refractivity contribution in [3.05, 3.63) is 29.3 Å². The third-order valence-corrected chi connectivity index (χ3v) is 2.48. The molecule has 0 aromatic heterocycles. The van der Waals surface area contributed by atoms with Crippen molar-refractivity contribution in [3.8, 4) is 5.75 Å². The zero-order valence-electron chi connectivity index (χ0n) is 9.10. The van der Waals surface area contributed by atoms with Crippen molar-refractivity contribution in [3.63, 3.8) is 0 Å². The SMILES string of the molecule is COc1cc(F)c(F)cc1C(C)(C)CN. The number of methoxy groups -OCH3 is 1. The summed E-state index contributed by atoms with van der Waals surface area (Å²) in [5.74, 6) is -1.47. The smallest absolute Gasteiger partial charge is 0.162 e. The molecule has 1 aromatic rings. The van der Waals surface area contributed by atoms with Crippen LogP contribution in [-0.4, -0.2) is 13.7 Å². The molecule has 0 heterocycles. The van der Waals surface area contributed by atoms with Crippen molar-refractivity contribution in [2.45, 2.75) is 19.3 Å². The van der Waals surface area contributed by atoms with Crippen LogP contribution in [0.4, 0.5) is 8.78 Å². The molecule has 15 heavy (non-hydrogen) atoms. The van der Waals surface area contributed by atoms with E-state index in [2.05, 4.69) is 0 Å². The van der Waals surface area contributed by atoms with Gasteiger partial charge in [0, 0.05) is 23.6 Å². The molecule has 0 saturated carbocycles. The van der Waals surface area contributed by atoms with Gasteiger partial charge in [-0.25, -0.2) is 8.78 Å². The van der Waals surface area contributed by atoms with E-state index in [1.807, 2.05) is 13.8 Å². The van der Waals surface area contributed by atoms with Crippen LogP contribution in [0.5, 0.6) is 5.75 Å². The highest BCUT2D eigenvalue weighted by Crippen LogP contribution is 2.32. The second-order valence-corrected chi connectivity index (χ2v) is 4.05. The molecule has 0 aliphatic heterocycles. The van der Waals surface area contributed by atoms with Gasteiger partial charge in [0.05, 0.1) is 7.11 Å². The lowest BCUT2D eigenvalue weighted by Crippen LogP contribution is -2.28. The van der Waals surface area contributed by atoms with E-state index in [4.69, 9.17) is 10.5 Å². The van der Waals surface area contributed by atoms with Crippen molar-refractivity contribution in [1.29, 1.82) is 0 Å². The number of ether oxygens (including phenoxy) is 1. The number of hydrogen-bond donors (Lipinski definition) is 1. The Morgan fingerprint density at radius 2 is 1.80 bits per heavy atom. The summed E-state index contributed by atoms with van der Waals surface area (Å²) in [7, 11) is 1.42. The average molecular weight is 215 g/mol. The Kier molecular flexibility index (Phi) is 3.29.